The maximum atomic E-state index is 12.1. The van der Waals surface area contributed by atoms with Crippen LogP contribution in [-0.4, -0.2) is 5.91 Å². The van der Waals surface area contributed by atoms with Gasteiger partial charge in [0, 0.05) is 17.1 Å². The summed E-state index contributed by atoms with van der Waals surface area (Å²) in [5.41, 5.74) is 3.47. The molecule has 3 heteroatoms. The molecular weight excluding hydrogens is 246 g/mol. The molecule has 18 heavy (non-hydrogen) atoms. The van der Waals surface area contributed by atoms with E-state index >= 15 is 0 Å². The van der Waals surface area contributed by atoms with Crippen LogP contribution in [0.5, 0.6) is 0 Å². The third kappa shape index (κ3) is 2.90. The number of rotatable bonds is 3. The lowest BCUT2D eigenvalue weighted by Crippen LogP contribution is -2.13. The fraction of sp³-hybridized carbons (Fsp3) is 0.133. The summed E-state index contributed by atoms with van der Waals surface area (Å²) in [4.78, 5) is 12.1. The van der Waals surface area contributed by atoms with Crippen LogP contribution in [0.1, 0.15) is 21.5 Å². The Morgan fingerprint density at radius 3 is 2.39 bits per heavy atom. The molecule has 1 N–H and O–H groups in total. The minimum atomic E-state index is -0.0910. The summed E-state index contributed by atoms with van der Waals surface area (Å²) < 4.78 is 0. The fourth-order valence-corrected chi connectivity index (χ4v) is 1.88. The predicted molar refractivity (Wildman–Crippen MR) is 75.1 cm³/mol. The second-order valence-electron chi connectivity index (χ2n) is 4.10. The Labute approximate surface area is 112 Å². The molecule has 0 aliphatic carbocycles. The number of nitrogens with one attached hydrogen (secondary N) is 1. The van der Waals surface area contributed by atoms with Gasteiger partial charge in [0.2, 0.25) is 0 Å². The highest BCUT2D eigenvalue weighted by Crippen LogP contribution is 2.14. The van der Waals surface area contributed by atoms with E-state index in [1.54, 1.807) is 0 Å². The lowest BCUT2D eigenvalue weighted by molar-refractivity contribution is 0.102. The van der Waals surface area contributed by atoms with Gasteiger partial charge in [-0.3, -0.25) is 4.79 Å². The van der Waals surface area contributed by atoms with Crippen LogP contribution in [0.3, 0.4) is 0 Å². The highest BCUT2D eigenvalue weighted by atomic mass is 35.5. The molecule has 0 aliphatic heterocycles. The maximum Gasteiger partial charge on any atom is 0.255 e. The van der Waals surface area contributed by atoms with Crippen molar-refractivity contribution in [1.82, 2.24) is 0 Å². The van der Waals surface area contributed by atoms with Crippen molar-refractivity contribution in [1.29, 1.82) is 0 Å². The van der Waals surface area contributed by atoms with Crippen LogP contribution in [-0.2, 0) is 5.88 Å². The third-order valence-electron chi connectivity index (χ3n) is 2.76. The molecule has 0 heterocycles. The van der Waals surface area contributed by atoms with Crippen molar-refractivity contribution in [2.45, 2.75) is 12.8 Å². The Hall–Kier alpha value is -1.80. The topological polar surface area (TPSA) is 29.1 Å². The molecule has 2 nitrogen and oxygen atoms in total. The number of aryl methyl sites for hydroxylation is 1. The molecule has 2 aromatic carbocycles. The Kier molecular flexibility index (Phi) is 4.00. The predicted octanol–water partition coefficient (Wildman–Crippen LogP) is 3.99. The number of halogens is 1. The lowest BCUT2D eigenvalue weighted by Gasteiger charge is -2.07. The van der Waals surface area contributed by atoms with Gasteiger partial charge in [-0.15, -0.1) is 11.6 Å². The summed E-state index contributed by atoms with van der Waals surface area (Å²) in [6.45, 7) is 1.92. The van der Waals surface area contributed by atoms with Gasteiger partial charge in [-0.05, 0) is 36.2 Å². The van der Waals surface area contributed by atoms with Gasteiger partial charge in [0.05, 0.1) is 0 Å². The van der Waals surface area contributed by atoms with Crippen LogP contribution in [0.2, 0.25) is 0 Å². The quantitative estimate of drug-likeness (QED) is 0.830. The van der Waals surface area contributed by atoms with Crippen LogP contribution in [0, 0.1) is 6.92 Å². The van der Waals surface area contributed by atoms with Crippen LogP contribution in [0.15, 0.2) is 48.5 Å². The minimum Gasteiger partial charge on any atom is -0.322 e. The molecule has 0 fully saturated rings. The molecule has 0 spiro atoms. The van der Waals surface area contributed by atoms with E-state index < -0.39 is 0 Å². The summed E-state index contributed by atoms with van der Waals surface area (Å²) in [6.07, 6.45) is 0. The van der Waals surface area contributed by atoms with Crippen molar-refractivity contribution in [3.05, 3.63) is 65.2 Å². The molecule has 92 valence electrons. The van der Waals surface area contributed by atoms with E-state index in [9.17, 15) is 4.79 Å². The fourth-order valence-electron chi connectivity index (χ4n) is 1.70. The van der Waals surface area contributed by atoms with E-state index in [1.807, 2.05) is 55.5 Å². The molecular formula is C15H14ClNO. The zero-order valence-corrected chi connectivity index (χ0v) is 10.9. The third-order valence-corrected chi connectivity index (χ3v) is 3.06. The number of carbonyl (C=O) groups excluding carboxylic acids is 1. The Balaban J connectivity index is 2.14. The van der Waals surface area contributed by atoms with Gasteiger partial charge in [-0.2, -0.15) is 0 Å². The average molecular weight is 260 g/mol. The zero-order valence-electron chi connectivity index (χ0n) is 10.1. The Bertz CT molecular complexity index is 549. The first kappa shape index (κ1) is 12.7. The van der Waals surface area contributed by atoms with Crippen molar-refractivity contribution < 1.29 is 4.79 Å². The van der Waals surface area contributed by atoms with Gasteiger partial charge in [0.1, 0.15) is 0 Å². The van der Waals surface area contributed by atoms with E-state index in [-0.39, 0.29) is 5.91 Å². The SMILES string of the molecule is Cc1ccccc1C(=O)Nc1ccc(CCl)cc1. The van der Waals surface area contributed by atoms with Crippen molar-refractivity contribution in [2.24, 2.45) is 0 Å². The zero-order chi connectivity index (χ0) is 13.0. The van der Waals surface area contributed by atoms with Gasteiger partial charge in [-0.1, -0.05) is 30.3 Å². The van der Waals surface area contributed by atoms with Crippen molar-refractivity contribution in [3.63, 3.8) is 0 Å². The highest BCUT2D eigenvalue weighted by Gasteiger charge is 2.07. The van der Waals surface area contributed by atoms with E-state index in [1.165, 1.54) is 0 Å². The van der Waals surface area contributed by atoms with E-state index in [0.717, 1.165) is 16.8 Å². The minimum absolute atomic E-state index is 0.0910. The molecule has 0 saturated heterocycles. The molecule has 0 aliphatic rings. The van der Waals surface area contributed by atoms with Gasteiger partial charge in [0.25, 0.3) is 5.91 Å². The number of alkyl halides is 1. The summed E-state index contributed by atoms with van der Waals surface area (Å²) in [6, 6.07) is 15.0. The normalized spacial score (nSPS) is 10.1. The largest absolute Gasteiger partial charge is 0.322 e. The second-order valence-corrected chi connectivity index (χ2v) is 4.37. The summed E-state index contributed by atoms with van der Waals surface area (Å²) >= 11 is 5.71. The van der Waals surface area contributed by atoms with Gasteiger partial charge in [0.15, 0.2) is 0 Å². The Morgan fingerprint density at radius 2 is 1.78 bits per heavy atom. The summed E-state index contributed by atoms with van der Waals surface area (Å²) in [5.74, 6) is 0.387. The number of amides is 1. The van der Waals surface area contributed by atoms with Crippen LogP contribution in [0.25, 0.3) is 0 Å². The summed E-state index contributed by atoms with van der Waals surface area (Å²) in [5, 5.41) is 2.87. The van der Waals surface area contributed by atoms with Crippen LogP contribution < -0.4 is 5.32 Å². The van der Waals surface area contributed by atoms with E-state index in [4.69, 9.17) is 11.6 Å². The average Bonchev–Trinajstić information content (AvgIpc) is 2.40. The number of carbonyl (C=O) groups is 1. The molecule has 0 atom stereocenters. The van der Waals surface area contributed by atoms with Crippen molar-refractivity contribution in [3.8, 4) is 0 Å². The van der Waals surface area contributed by atoms with E-state index in [2.05, 4.69) is 5.32 Å². The van der Waals surface area contributed by atoms with E-state index in [0.29, 0.717) is 11.4 Å². The highest BCUT2D eigenvalue weighted by molar-refractivity contribution is 6.17. The monoisotopic (exact) mass is 259 g/mol. The van der Waals surface area contributed by atoms with Crippen molar-refractivity contribution >= 4 is 23.2 Å². The molecule has 2 rings (SSSR count). The van der Waals surface area contributed by atoms with Crippen LogP contribution in [0.4, 0.5) is 5.69 Å². The molecule has 0 saturated carbocycles. The van der Waals surface area contributed by atoms with Gasteiger partial charge >= 0.3 is 0 Å². The summed E-state index contributed by atoms with van der Waals surface area (Å²) in [7, 11) is 0. The first-order chi connectivity index (χ1) is 8.70. The second kappa shape index (κ2) is 5.69. The molecule has 0 aromatic heterocycles. The lowest BCUT2D eigenvalue weighted by atomic mass is 10.1. The first-order valence-electron chi connectivity index (χ1n) is 5.72. The molecule has 1 amide bonds. The number of hydrogen-bond donors (Lipinski definition) is 1. The number of benzene rings is 2. The van der Waals surface area contributed by atoms with Crippen LogP contribution >= 0.6 is 11.6 Å². The number of hydrogen-bond acceptors (Lipinski definition) is 1. The molecule has 0 unspecified atom stereocenters. The smallest absolute Gasteiger partial charge is 0.255 e. The van der Waals surface area contributed by atoms with Gasteiger partial charge < -0.3 is 5.32 Å². The molecule has 0 bridgehead atoms. The number of anilines is 1. The first-order valence-corrected chi connectivity index (χ1v) is 6.26. The van der Waals surface area contributed by atoms with Crippen molar-refractivity contribution in [2.75, 3.05) is 5.32 Å². The molecule has 2 aromatic rings. The molecule has 0 radical (unpaired) electrons. The standard InChI is InChI=1S/C15H14ClNO/c1-11-4-2-3-5-14(11)15(18)17-13-8-6-12(10-16)7-9-13/h2-9H,10H2,1H3,(H,17,18). The van der Waals surface area contributed by atoms with Gasteiger partial charge in [-0.25, -0.2) is 0 Å². The maximum absolute atomic E-state index is 12.1. The Morgan fingerprint density at radius 1 is 1.11 bits per heavy atom.